The molecule has 1 aliphatic heterocycles. The Labute approximate surface area is 210 Å². The summed E-state index contributed by atoms with van der Waals surface area (Å²) in [4.78, 5) is 26.8. The van der Waals surface area contributed by atoms with Gasteiger partial charge >= 0.3 is 5.69 Å². The second-order valence-corrected chi connectivity index (χ2v) is 10.6. The molecule has 0 spiro atoms. The van der Waals surface area contributed by atoms with Gasteiger partial charge < -0.3 is 14.0 Å². The molecule has 36 heavy (non-hydrogen) atoms. The maximum absolute atomic E-state index is 13.7. The zero-order valence-electron chi connectivity index (χ0n) is 22.0. The van der Waals surface area contributed by atoms with Crippen LogP contribution < -0.4 is 16.0 Å². The Balaban J connectivity index is 1.89. The van der Waals surface area contributed by atoms with Crippen LogP contribution in [0.3, 0.4) is 0 Å². The summed E-state index contributed by atoms with van der Waals surface area (Å²) < 4.78 is 17.3. The SMILES string of the molecule is Cc1cccc(-c2c3c(=O)n(C)c(=O)n(C)c3c3n2C(C)(C)CO[C@H]3c2ccc(OC(C)C)cc2)c1. The largest absolute Gasteiger partial charge is 0.491 e. The van der Waals surface area contributed by atoms with Crippen molar-refractivity contribution < 1.29 is 9.47 Å². The maximum Gasteiger partial charge on any atom is 0.331 e. The number of nitrogens with zero attached hydrogens (tertiary/aromatic N) is 3. The molecule has 1 atom stereocenters. The summed E-state index contributed by atoms with van der Waals surface area (Å²) in [5, 5.41) is 0.531. The van der Waals surface area contributed by atoms with Crippen LogP contribution in [-0.2, 0) is 24.4 Å². The van der Waals surface area contributed by atoms with Crippen LogP contribution in [0.25, 0.3) is 22.2 Å². The van der Waals surface area contributed by atoms with Crippen LogP contribution in [0.15, 0.2) is 58.1 Å². The van der Waals surface area contributed by atoms with Gasteiger partial charge in [0.05, 0.1) is 40.5 Å². The minimum absolute atomic E-state index is 0.0754. The van der Waals surface area contributed by atoms with Crippen LogP contribution in [-0.4, -0.2) is 26.4 Å². The van der Waals surface area contributed by atoms with Gasteiger partial charge in [0.1, 0.15) is 11.9 Å². The Morgan fingerprint density at radius 2 is 1.72 bits per heavy atom. The van der Waals surface area contributed by atoms with Gasteiger partial charge in [-0.3, -0.25) is 13.9 Å². The van der Waals surface area contributed by atoms with Crippen molar-refractivity contribution in [3.8, 4) is 17.0 Å². The highest BCUT2D eigenvalue weighted by molar-refractivity contribution is 5.97. The molecule has 1 aliphatic rings. The summed E-state index contributed by atoms with van der Waals surface area (Å²) >= 11 is 0. The summed E-state index contributed by atoms with van der Waals surface area (Å²) in [7, 11) is 3.26. The highest BCUT2D eigenvalue weighted by Crippen LogP contribution is 2.45. The minimum atomic E-state index is -0.454. The van der Waals surface area contributed by atoms with Crippen LogP contribution in [0.2, 0.25) is 0 Å². The fourth-order valence-corrected chi connectivity index (χ4v) is 5.31. The van der Waals surface area contributed by atoms with E-state index in [1.807, 2.05) is 63.2 Å². The first-order chi connectivity index (χ1) is 17.0. The van der Waals surface area contributed by atoms with Crippen LogP contribution in [0, 0.1) is 6.92 Å². The standard InChI is InChI=1S/C29H33N3O4/c1-17(2)36-21-13-11-19(12-14-21)26-25-24-22(27(33)31(7)28(34)30(24)6)23(20-10-8-9-18(3)15-20)32(25)29(4,5)16-35-26/h8-15,17,26H,16H2,1-7H3/t26-/m0/s1. The lowest BCUT2D eigenvalue weighted by atomic mass is 9.98. The Morgan fingerprint density at radius 1 is 1.03 bits per heavy atom. The Hall–Kier alpha value is -3.58. The van der Waals surface area contributed by atoms with E-state index in [-0.39, 0.29) is 17.4 Å². The smallest absolute Gasteiger partial charge is 0.331 e. The number of aryl methyl sites for hydroxylation is 2. The molecule has 0 fully saturated rings. The highest BCUT2D eigenvalue weighted by atomic mass is 16.5. The number of rotatable bonds is 4. The van der Waals surface area contributed by atoms with Crippen molar-refractivity contribution in [2.24, 2.45) is 14.1 Å². The van der Waals surface area contributed by atoms with Crippen LogP contribution >= 0.6 is 0 Å². The average Bonchev–Trinajstić information content (AvgIpc) is 3.20. The predicted molar refractivity (Wildman–Crippen MR) is 142 cm³/mol. The van der Waals surface area contributed by atoms with E-state index in [1.54, 1.807) is 11.6 Å². The number of ether oxygens (including phenoxy) is 2. The van der Waals surface area contributed by atoms with Crippen molar-refractivity contribution in [3.05, 3.63) is 86.2 Å². The number of fused-ring (bicyclic) bond motifs is 3. The molecule has 5 rings (SSSR count). The molecule has 0 bridgehead atoms. The lowest BCUT2D eigenvalue weighted by molar-refractivity contribution is -0.00709. The van der Waals surface area contributed by atoms with Crippen molar-refractivity contribution >= 4 is 10.9 Å². The van der Waals surface area contributed by atoms with E-state index in [2.05, 4.69) is 24.5 Å². The molecule has 0 saturated heterocycles. The van der Waals surface area contributed by atoms with E-state index < -0.39 is 11.6 Å². The molecule has 2 aromatic heterocycles. The Kier molecular flexibility index (Phi) is 5.71. The molecule has 2 aromatic carbocycles. The lowest BCUT2D eigenvalue weighted by Crippen LogP contribution is -2.40. The summed E-state index contributed by atoms with van der Waals surface area (Å²) in [5.41, 5.74) is 4.10. The summed E-state index contributed by atoms with van der Waals surface area (Å²) in [6.45, 7) is 10.7. The summed E-state index contributed by atoms with van der Waals surface area (Å²) in [6.07, 6.45) is -0.378. The second kappa shape index (κ2) is 8.52. The van der Waals surface area contributed by atoms with Crippen molar-refractivity contribution in [2.75, 3.05) is 6.61 Å². The topological polar surface area (TPSA) is 67.4 Å². The monoisotopic (exact) mass is 487 g/mol. The van der Waals surface area contributed by atoms with Crippen LogP contribution in [0.5, 0.6) is 5.75 Å². The second-order valence-electron chi connectivity index (χ2n) is 10.6. The minimum Gasteiger partial charge on any atom is -0.491 e. The van der Waals surface area contributed by atoms with Crippen molar-refractivity contribution in [3.63, 3.8) is 0 Å². The van der Waals surface area contributed by atoms with Gasteiger partial charge in [-0.1, -0.05) is 35.9 Å². The number of aromatic nitrogens is 3. The van der Waals surface area contributed by atoms with E-state index in [1.165, 1.54) is 11.6 Å². The zero-order valence-corrected chi connectivity index (χ0v) is 22.0. The van der Waals surface area contributed by atoms with Crippen molar-refractivity contribution in [1.29, 1.82) is 0 Å². The fraction of sp³-hybridized carbons (Fsp3) is 0.379. The third kappa shape index (κ3) is 3.69. The van der Waals surface area contributed by atoms with Gasteiger partial charge in [0.15, 0.2) is 0 Å². The summed E-state index contributed by atoms with van der Waals surface area (Å²) in [6, 6.07) is 16.0. The lowest BCUT2D eigenvalue weighted by Gasteiger charge is -2.39. The normalized spacial score (nSPS) is 16.9. The average molecular weight is 488 g/mol. The van der Waals surface area contributed by atoms with E-state index >= 15 is 0 Å². The first kappa shape index (κ1) is 24.1. The molecule has 0 saturated carbocycles. The molecular formula is C29H33N3O4. The Bertz CT molecular complexity index is 1590. The number of hydrogen-bond acceptors (Lipinski definition) is 4. The molecule has 0 radical (unpaired) electrons. The molecule has 4 aromatic rings. The zero-order chi connectivity index (χ0) is 25.9. The van der Waals surface area contributed by atoms with Gasteiger partial charge in [-0.2, -0.15) is 0 Å². The van der Waals surface area contributed by atoms with Crippen LogP contribution in [0.1, 0.15) is 50.6 Å². The van der Waals surface area contributed by atoms with Gasteiger partial charge in [0.25, 0.3) is 5.56 Å². The van der Waals surface area contributed by atoms with Gasteiger partial charge in [0.2, 0.25) is 0 Å². The quantitative estimate of drug-likeness (QED) is 0.420. The molecule has 0 amide bonds. The fourth-order valence-electron chi connectivity index (χ4n) is 5.31. The first-order valence-electron chi connectivity index (χ1n) is 12.3. The first-order valence-corrected chi connectivity index (χ1v) is 12.3. The molecule has 0 aliphatic carbocycles. The molecular weight excluding hydrogens is 454 g/mol. The molecule has 0 unspecified atom stereocenters. The molecule has 188 valence electrons. The highest BCUT2D eigenvalue weighted by Gasteiger charge is 2.40. The van der Waals surface area contributed by atoms with Gasteiger partial charge in [-0.25, -0.2) is 4.79 Å². The third-order valence-electron chi connectivity index (χ3n) is 6.91. The maximum atomic E-state index is 13.7. The molecule has 3 heterocycles. The Morgan fingerprint density at radius 3 is 2.36 bits per heavy atom. The predicted octanol–water partition coefficient (Wildman–Crippen LogP) is 4.66. The van der Waals surface area contributed by atoms with Gasteiger partial charge in [-0.05, 0) is 63.9 Å². The number of benzene rings is 2. The van der Waals surface area contributed by atoms with E-state index in [4.69, 9.17) is 9.47 Å². The summed E-state index contributed by atoms with van der Waals surface area (Å²) in [5.74, 6) is 0.784. The van der Waals surface area contributed by atoms with E-state index in [0.29, 0.717) is 17.5 Å². The van der Waals surface area contributed by atoms with Crippen molar-refractivity contribution in [1.82, 2.24) is 13.7 Å². The van der Waals surface area contributed by atoms with E-state index in [0.717, 1.165) is 33.8 Å². The van der Waals surface area contributed by atoms with Crippen molar-refractivity contribution in [2.45, 2.75) is 52.4 Å². The number of hydrogen-bond donors (Lipinski definition) is 0. The molecule has 7 heteroatoms. The van der Waals surface area contributed by atoms with Crippen LogP contribution in [0.4, 0.5) is 0 Å². The molecule has 0 N–H and O–H groups in total. The van der Waals surface area contributed by atoms with Gasteiger partial charge in [0, 0.05) is 14.1 Å². The molecule has 7 nitrogen and oxygen atoms in total. The van der Waals surface area contributed by atoms with E-state index in [9.17, 15) is 9.59 Å². The van der Waals surface area contributed by atoms with Gasteiger partial charge in [-0.15, -0.1) is 0 Å². The third-order valence-corrected chi connectivity index (χ3v) is 6.91.